The molecule has 1 heterocycles. The summed E-state index contributed by atoms with van der Waals surface area (Å²) in [5.74, 6) is 1.40. The van der Waals surface area contributed by atoms with Crippen molar-refractivity contribution in [1.29, 1.82) is 0 Å². The second-order valence-corrected chi connectivity index (χ2v) is 8.60. The number of hydrogen-bond donors (Lipinski definition) is 1. The van der Waals surface area contributed by atoms with E-state index in [1.807, 2.05) is 18.4 Å². The second kappa shape index (κ2) is 6.57. The van der Waals surface area contributed by atoms with Gasteiger partial charge in [0.15, 0.2) is 0 Å². The molecule has 20 heavy (non-hydrogen) atoms. The fourth-order valence-electron chi connectivity index (χ4n) is 3.07. The molecule has 1 saturated carbocycles. The van der Waals surface area contributed by atoms with E-state index >= 15 is 0 Å². The fourth-order valence-corrected chi connectivity index (χ4v) is 4.34. The van der Waals surface area contributed by atoms with Gasteiger partial charge in [0.2, 0.25) is 0 Å². The minimum absolute atomic E-state index is 0.544. The summed E-state index contributed by atoms with van der Waals surface area (Å²) in [5, 5.41) is 4.70. The summed E-state index contributed by atoms with van der Waals surface area (Å²) < 4.78 is 0. The zero-order valence-corrected chi connectivity index (χ0v) is 14.6. The van der Waals surface area contributed by atoms with Crippen molar-refractivity contribution in [2.24, 2.45) is 11.3 Å². The van der Waals surface area contributed by atoms with Crippen molar-refractivity contribution in [3.63, 3.8) is 0 Å². The molecule has 1 aliphatic rings. The van der Waals surface area contributed by atoms with Crippen LogP contribution >= 0.6 is 11.3 Å². The van der Waals surface area contributed by atoms with Gasteiger partial charge in [-0.3, -0.25) is 0 Å². The Hall–Kier alpha value is -0.410. The van der Waals surface area contributed by atoms with Crippen LogP contribution in [0.25, 0.3) is 0 Å². The predicted molar refractivity (Wildman–Crippen MR) is 88.4 cm³/mol. The van der Waals surface area contributed by atoms with Crippen LogP contribution in [0.4, 0.5) is 0 Å². The minimum Gasteiger partial charge on any atom is -0.315 e. The van der Waals surface area contributed by atoms with E-state index in [-0.39, 0.29) is 0 Å². The highest BCUT2D eigenvalue weighted by molar-refractivity contribution is 7.11. The first kappa shape index (κ1) is 16.0. The average molecular weight is 295 g/mol. The standard InChI is InChI=1S/C17H30N2S/c1-12(2)10-14-15(11-18-5)20-16(19-14)13-6-8-17(3,4)9-7-13/h12-13,18H,6-11H2,1-5H3. The third-order valence-electron chi connectivity index (χ3n) is 4.42. The first-order chi connectivity index (χ1) is 9.41. The Morgan fingerprint density at radius 3 is 2.50 bits per heavy atom. The molecule has 2 nitrogen and oxygen atoms in total. The van der Waals surface area contributed by atoms with Crippen LogP contribution in [0.3, 0.4) is 0 Å². The van der Waals surface area contributed by atoms with Crippen LogP contribution in [0.5, 0.6) is 0 Å². The van der Waals surface area contributed by atoms with E-state index in [0.29, 0.717) is 17.3 Å². The lowest BCUT2D eigenvalue weighted by atomic mass is 9.73. The number of thiazole rings is 1. The first-order valence-corrected chi connectivity index (χ1v) is 8.86. The number of nitrogens with one attached hydrogen (secondary N) is 1. The molecule has 1 aliphatic carbocycles. The topological polar surface area (TPSA) is 24.9 Å². The summed E-state index contributed by atoms with van der Waals surface area (Å²) >= 11 is 1.96. The highest BCUT2D eigenvalue weighted by Gasteiger charge is 2.29. The lowest BCUT2D eigenvalue weighted by molar-refractivity contribution is 0.224. The third kappa shape index (κ3) is 4.05. The van der Waals surface area contributed by atoms with Crippen LogP contribution < -0.4 is 5.32 Å². The average Bonchev–Trinajstić information content (AvgIpc) is 2.72. The molecule has 0 radical (unpaired) electrons. The number of nitrogens with zero attached hydrogens (tertiary/aromatic N) is 1. The second-order valence-electron chi connectivity index (χ2n) is 7.49. The van der Waals surface area contributed by atoms with Gasteiger partial charge in [0, 0.05) is 17.3 Å². The molecule has 114 valence electrons. The molecule has 1 aromatic rings. The monoisotopic (exact) mass is 294 g/mol. The molecule has 0 amide bonds. The van der Waals surface area contributed by atoms with Gasteiger partial charge in [-0.15, -0.1) is 11.3 Å². The predicted octanol–water partition coefficient (Wildman–Crippen LogP) is 4.74. The zero-order valence-electron chi connectivity index (χ0n) is 13.8. The Bertz CT molecular complexity index is 424. The molecule has 0 bridgehead atoms. The van der Waals surface area contributed by atoms with E-state index in [9.17, 15) is 0 Å². The summed E-state index contributed by atoms with van der Waals surface area (Å²) in [4.78, 5) is 6.48. The number of rotatable bonds is 5. The highest BCUT2D eigenvalue weighted by Crippen LogP contribution is 2.43. The van der Waals surface area contributed by atoms with Crippen molar-refractivity contribution in [2.75, 3.05) is 7.05 Å². The maximum absolute atomic E-state index is 5.02. The van der Waals surface area contributed by atoms with Crippen molar-refractivity contribution in [3.05, 3.63) is 15.6 Å². The van der Waals surface area contributed by atoms with Gasteiger partial charge in [0.25, 0.3) is 0 Å². The summed E-state index contributed by atoms with van der Waals surface area (Å²) in [7, 11) is 2.03. The first-order valence-electron chi connectivity index (χ1n) is 8.04. The van der Waals surface area contributed by atoms with Crippen molar-refractivity contribution >= 4 is 11.3 Å². The molecular formula is C17H30N2S. The maximum atomic E-state index is 5.02. The summed E-state index contributed by atoms with van der Waals surface area (Å²) in [6, 6.07) is 0. The lowest BCUT2D eigenvalue weighted by Crippen LogP contribution is -2.20. The van der Waals surface area contributed by atoms with Crippen LogP contribution in [-0.4, -0.2) is 12.0 Å². The Labute approximate surface area is 128 Å². The van der Waals surface area contributed by atoms with Crippen molar-refractivity contribution < 1.29 is 0 Å². The number of aromatic nitrogens is 1. The molecule has 1 aromatic heterocycles. The largest absolute Gasteiger partial charge is 0.315 e. The van der Waals surface area contributed by atoms with Crippen LogP contribution in [0.1, 0.15) is 74.9 Å². The molecule has 2 rings (SSSR count). The molecule has 0 atom stereocenters. The van der Waals surface area contributed by atoms with Gasteiger partial charge < -0.3 is 5.32 Å². The summed E-state index contributed by atoms with van der Waals surface area (Å²) in [5.41, 5.74) is 1.89. The van der Waals surface area contributed by atoms with Crippen LogP contribution in [-0.2, 0) is 13.0 Å². The van der Waals surface area contributed by atoms with E-state index in [1.54, 1.807) is 0 Å². The van der Waals surface area contributed by atoms with E-state index in [2.05, 4.69) is 33.0 Å². The van der Waals surface area contributed by atoms with Gasteiger partial charge >= 0.3 is 0 Å². The van der Waals surface area contributed by atoms with Crippen molar-refractivity contribution in [1.82, 2.24) is 10.3 Å². The molecule has 1 fully saturated rings. The SMILES string of the molecule is CNCc1sc(C2CCC(C)(C)CC2)nc1CC(C)C. The molecule has 1 N–H and O–H groups in total. The smallest absolute Gasteiger partial charge is 0.0962 e. The molecular weight excluding hydrogens is 264 g/mol. The Kier molecular flexibility index (Phi) is 5.25. The van der Waals surface area contributed by atoms with Gasteiger partial charge in [-0.25, -0.2) is 4.98 Å². The maximum Gasteiger partial charge on any atom is 0.0962 e. The van der Waals surface area contributed by atoms with Crippen molar-refractivity contribution in [2.45, 2.75) is 72.3 Å². The van der Waals surface area contributed by atoms with Gasteiger partial charge in [-0.05, 0) is 50.5 Å². The van der Waals surface area contributed by atoms with E-state index in [1.165, 1.54) is 41.3 Å². The van der Waals surface area contributed by atoms with Crippen LogP contribution in [0, 0.1) is 11.3 Å². The zero-order chi connectivity index (χ0) is 14.8. The molecule has 3 heteroatoms. The third-order valence-corrected chi connectivity index (χ3v) is 5.68. The highest BCUT2D eigenvalue weighted by atomic mass is 32.1. The minimum atomic E-state index is 0.544. The molecule has 0 aliphatic heterocycles. The summed E-state index contributed by atoms with van der Waals surface area (Å²) in [6.07, 6.45) is 6.45. The summed E-state index contributed by atoms with van der Waals surface area (Å²) in [6.45, 7) is 10.3. The molecule has 0 unspecified atom stereocenters. The number of hydrogen-bond acceptors (Lipinski definition) is 3. The van der Waals surface area contributed by atoms with Crippen LogP contribution in [0.2, 0.25) is 0 Å². The van der Waals surface area contributed by atoms with Crippen molar-refractivity contribution in [3.8, 4) is 0 Å². The van der Waals surface area contributed by atoms with Gasteiger partial charge in [-0.1, -0.05) is 27.7 Å². The normalized spacial score (nSPS) is 19.7. The fraction of sp³-hybridized carbons (Fsp3) is 0.824. The van der Waals surface area contributed by atoms with E-state index in [0.717, 1.165) is 13.0 Å². The van der Waals surface area contributed by atoms with Gasteiger partial charge in [0.1, 0.15) is 0 Å². The quantitative estimate of drug-likeness (QED) is 0.848. The van der Waals surface area contributed by atoms with Gasteiger partial charge in [0.05, 0.1) is 10.7 Å². The lowest BCUT2D eigenvalue weighted by Gasteiger charge is -2.33. The van der Waals surface area contributed by atoms with E-state index < -0.39 is 0 Å². The molecule has 0 spiro atoms. The Morgan fingerprint density at radius 1 is 1.30 bits per heavy atom. The Balaban J connectivity index is 2.12. The van der Waals surface area contributed by atoms with E-state index in [4.69, 9.17) is 4.98 Å². The molecule has 0 aromatic carbocycles. The Morgan fingerprint density at radius 2 is 1.95 bits per heavy atom. The van der Waals surface area contributed by atoms with Crippen LogP contribution in [0.15, 0.2) is 0 Å². The van der Waals surface area contributed by atoms with Gasteiger partial charge in [-0.2, -0.15) is 0 Å². The molecule has 0 saturated heterocycles.